The average molecular weight is 186 g/mol. The Morgan fingerprint density at radius 3 is 2.42 bits per heavy atom. The van der Waals surface area contributed by atoms with Crippen molar-refractivity contribution in [1.82, 2.24) is 0 Å². The predicted octanol–water partition coefficient (Wildman–Crippen LogP) is 2.20. The summed E-state index contributed by atoms with van der Waals surface area (Å²) in [4.78, 5) is 0. The van der Waals surface area contributed by atoms with Gasteiger partial charge in [0.05, 0.1) is 0 Å². The van der Waals surface area contributed by atoms with Gasteiger partial charge in [0.15, 0.2) is 0 Å². The van der Waals surface area contributed by atoms with Crippen LogP contribution in [0.2, 0.25) is 0 Å². The molecule has 1 aliphatic heterocycles. The van der Waals surface area contributed by atoms with Crippen molar-refractivity contribution in [2.45, 2.75) is 19.5 Å². The van der Waals surface area contributed by atoms with Crippen molar-refractivity contribution < 1.29 is 9.09 Å². The van der Waals surface area contributed by atoms with Gasteiger partial charge in [-0.15, -0.1) is 12.3 Å². The van der Waals surface area contributed by atoms with E-state index in [1.165, 1.54) is 7.11 Å². The van der Waals surface area contributed by atoms with E-state index in [2.05, 4.69) is 5.92 Å². The molecule has 2 nitrogen and oxygen atoms in total. The molecule has 1 saturated heterocycles. The van der Waals surface area contributed by atoms with Crippen LogP contribution in [0.15, 0.2) is 0 Å². The zero-order valence-corrected chi connectivity index (χ0v) is 8.67. The summed E-state index contributed by atoms with van der Waals surface area (Å²) in [5, 5.41) is 0. The monoisotopic (exact) mass is 186 g/mol. The van der Waals surface area contributed by atoms with Crippen molar-refractivity contribution in [3.63, 3.8) is 0 Å². The molecule has 1 fully saturated rings. The first-order chi connectivity index (χ1) is 5.55. The Bertz CT molecular complexity index is 254. The Balaban J connectivity index is 2.91. The van der Waals surface area contributed by atoms with Crippen molar-refractivity contribution >= 4 is 7.37 Å². The molecule has 0 amide bonds. The quantitative estimate of drug-likeness (QED) is 0.463. The topological polar surface area (TPSA) is 26.3 Å². The van der Waals surface area contributed by atoms with Gasteiger partial charge in [-0.25, -0.2) is 0 Å². The first-order valence-electron chi connectivity index (χ1n) is 4.15. The highest BCUT2D eigenvalue weighted by Crippen LogP contribution is 2.61. The lowest BCUT2D eigenvalue weighted by Crippen LogP contribution is -2.12. The molecular formula is C9H15O2P. The lowest BCUT2D eigenvalue weighted by atomic mass is 9.94. The van der Waals surface area contributed by atoms with Crippen LogP contribution in [-0.4, -0.2) is 18.9 Å². The summed E-state index contributed by atoms with van der Waals surface area (Å²) >= 11 is 0. The van der Waals surface area contributed by atoms with Crippen molar-refractivity contribution in [3.8, 4) is 12.3 Å². The zero-order chi connectivity index (χ0) is 9.35. The highest BCUT2D eigenvalue weighted by molar-refractivity contribution is 7.60. The van der Waals surface area contributed by atoms with Crippen LogP contribution < -0.4 is 0 Å². The third-order valence-corrected chi connectivity index (χ3v) is 6.06. The Labute approximate surface area is 74.1 Å². The highest BCUT2D eigenvalue weighted by atomic mass is 31.2. The normalized spacial score (nSPS) is 47.3. The minimum atomic E-state index is -2.41. The maximum atomic E-state index is 12.0. The van der Waals surface area contributed by atoms with E-state index < -0.39 is 7.37 Å². The minimum absolute atomic E-state index is 0.0301. The molecule has 0 aromatic rings. The lowest BCUT2D eigenvalue weighted by molar-refractivity contribution is 0.390. The van der Waals surface area contributed by atoms with Crippen LogP contribution >= 0.6 is 7.37 Å². The molecule has 0 bridgehead atoms. The molecule has 0 aromatic carbocycles. The fraction of sp³-hybridized carbons (Fsp3) is 0.778. The van der Waals surface area contributed by atoms with E-state index in [0.717, 1.165) is 0 Å². The van der Waals surface area contributed by atoms with Gasteiger partial charge in [-0.3, -0.25) is 4.57 Å². The first-order valence-corrected chi connectivity index (χ1v) is 6.03. The molecule has 0 N–H and O–H groups in total. The van der Waals surface area contributed by atoms with Crippen LogP contribution in [0.25, 0.3) is 0 Å². The van der Waals surface area contributed by atoms with Gasteiger partial charge >= 0.3 is 0 Å². The van der Waals surface area contributed by atoms with Gasteiger partial charge in [0.25, 0.3) is 0 Å². The summed E-state index contributed by atoms with van der Waals surface area (Å²) in [6.45, 7) is 3.97. The fourth-order valence-corrected chi connectivity index (χ4v) is 4.66. The average Bonchev–Trinajstić information content (AvgIpc) is 2.25. The second kappa shape index (κ2) is 3.24. The molecule has 1 aliphatic rings. The molecule has 12 heavy (non-hydrogen) atoms. The molecule has 1 heterocycles. The molecular weight excluding hydrogens is 171 g/mol. The summed E-state index contributed by atoms with van der Waals surface area (Å²) in [6, 6.07) is 0. The van der Waals surface area contributed by atoms with E-state index in [0.29, 0.717) is 12.1 Å². The molecule has 0 aromatic heterocycles. The number of hydrogen-bond donors (Lipinski definition) is 0. The summed E-state index contributed by atoms with van der Waals surface area (Å²) in [5.41, 5.74) is 0.0301. The van der Waals surface area contributed by atoms with Crippen molar-refractivity contribution in [3.05, 3.63) is 0 Å². The molecule has 3 heteroatoms. The number of rotatable bonds is 1. The van der Waals surface area contributed by atoms with E-state index in [-0.39, 0.29) is 11.6 Å². The SMILES string of the molecule is C#CC1C(C)CP(=O)(OC)C1C. The Morgan fingerprint density at radius 2 is 2.17 bits per heavy atom. The standard InChI is InChI=1S/C9H15O2P/c1-5-9-7(2)6-12(10,11-4)8(9)3/h1,7-9H,6H2,2-4H3. The molecule has 68 valence electrons. The molecule has 1 rings (SSSR count). The molecule has 0 radical (unpaired) electrons. The van der Waals surface area contributed by atoms with E-state index >= 15 is 0 Å². The maximum Gasteiger partial charge on any atom is 0.207 e. The Morgan fingerprint density at radius 1 is 1.58 bits per heavy atom. The molecule has 4 atom stereocenters. The van der Waals surface area contributed by atoms with Gasteiger partial charge in [-0.1, -0.05) is 13.8 Å². The van der Waals surface area contributed by atoms with Gasteiger partial charge in [-0.05, 0) is 5.92 Å². The maximum absolute atomic E-state index is 12.0. The summed E-state index contributed by atoms with van der Waals surface area (Å²) < 4.78 is 17.0. The third kappa shape index (κ3) is 1.32. The second-order valence-corrected chi connectivity index (χ2v) is 6.50. The first kappa shape index (κ1) is 9.84. The van der Waals surface area contributed by atoms with Crippen LogP contribution in [-0.2, 0) is 9.09 Å². The molecule has 0 spiro atoms. The van der Waals surface area contributed by atoms with E-state index in [4.69, 9.17) is 10.9 Å². The Kier molecular flexibility index (Phi) is 2.66. The van der Waals surface area contributed by atoms with E-state index in [9.17, 15) is 4.57 Å². The van der Waals surface area contributed by atoms with Crippen LogP contribution in [0.4, 0.5) is 0 Å². The molecule has 0 saturated carbocycles. The highest BCUT2D eigenvalue weighted by Gasteiger charge is 2.46. The summed E-state index contributed by atoms with van der Waals surface area (Å²) in [6.07, 6.45) is 6.00. The van der Waals surface area contributed by atoms with Crippen LogP contribution in [0.1, 0.15) is 13.8 Å². The molecule has 4 unspecified atom stereocenters. The smallest absolute Gasteiger partial charge is 0.207 e. The van der Waals surface area contributed by atoms with Crippen molar-refractivity contribution in [1.29, 1.82) is 0 Å². The lowest BCUT2D eigenvalue weighted by Gasteiger charge is -2.16. The summed E-state index contributed by atoms with van der Waals surface area (Å²) in [5.74, 6) is 3.15. The van der Waals surface area contributed by atoms with Crippen molar-refractivity contribution in [2.75, 3.05) is 13.3 Å². The van der Waals surface area contributed by atoms with Crippen molar-refractivity contribution in [2.24, 2.45) is 11.8 Å². The fourth-order valence-electron chi connectivity index (χ4n) is 1.95. The van der Waals surface area contributed by atoms with Crippen LogP contribution in [0.3, 0.4) is 0 Å². The number of terminal acetylenes is 1. The van der Waals surface area contributed by atoms with Crippen LogP contribution in [0.5, 0.6) is 0 Å². The minimum Gasteiger partial charge on any atom is -0.332 e. The van der Waals surface area contributed by atoms with Crippen LogP contribution in [0, 0.1) is 24.2 Å². The van der Waals surface area contributed by atoms with Gasteiger partial charge < -0.3 is 4.52 Å². The van der Waals surface area contributed by atoms with Gasteiger partial charge in [0.1, 0.15) is 0 Å². The van der Waals surface area contributed by atoms with Gasteiger partial charge in [0, 0.05) is 24.8 Å². The molecule has 0 aliphatic carbocycles. The largest absolute Gasteiger partial charge is 0.332 e. The van der Waals surface area contributed by atoms with Gasteiger partial charge in [0.2, 0.25) is 7.37 Å². The van der Waals surface area contributed by atoms with E-state index in [1.807, 2.05) is 13.8 Å². The number of hydrogen-bond acceptors (Lipinski definition) is 2. The second-order valence-electron chi connectivity index (χ2n) is 3.50. The zero-order valence-electron chi connectivity index (χ0n) is 7.78. The third-order valence-electron chi connectivity index (χ3n) is 2.80. The van der Waals surface area contributed by atoms with Gasteiger partial charge in [-0.2, -0.15) is 0 Å². The Hall–Kier alpha value is -0.250. The summed E-state index contributed by atoms with van der Waals surface area (Å²) in [7, 11) is -0.897. The van der Waals surface area contributed by atoms with E-state index in [1.54, 1.807) is 0 Å². The predicted molar refractivity (Wildman–Crippen MR) is 50.4 cm³/mol.